The van der Waals surface area contributed by atoms with Crippen LogP contribution in [-0.2, 0) is 27.9 Å². The highest BCUT2D eigenvalue weighted by atomic mass is 31.2. The van der Waals surface area contributed by atoms with Gasteiger partial charge in [-0.25, -0.2) is 4.57 Å². The van der Waals surface area contributed by atoms with Crippen LogP contribution in [0.15, 0.2) is 73.1 Å². The summed E-state index contributed by atoms with van der Waals surface area (Å²) in [4.78, 5) is 22.4. The molecular weight excluding hydrogens is 673 g/mol. The first kappa shape index (κ1) is 49.8. The summed E-state index contributed by atoms with van der Waals surface area (Å²) in [6.45, 7) is 4.11. The molecule has 0 aliphatic heterocycles. The van der Waals surface area contributed by atoms with E-state index in [-0.39, 0.29) is 32.8 Å². The van der Waals surface area contributed by atoms with Crippen molar-refractivity contribution in [3.63, 3.8) is 0 Å². The molecule has 0 rings (SSSR count). The molecule has 0 aromatic heterocycles. The molecule has 3 N–H and O–H groups in total. The van der Waals surface area contributed by atoms with Crippen molar-refractivity contribution in [3.8, 4) is 0 Å². The van der Waals surface area contributed by atoms with Gasteiger partial charge in [0.25, 0.3) is 0 Å². The van der Waals surface area contributed by atoms with Crippen molar-refractivity contribution in [1.29, 1.82) is 0 Å². The van der Waals surface area contributed by atoms with Crippen LogP contribution in [0.5, 0.6) is 0 Å². The second kappa shape index (κ2) is 40.0. The monoisotopic (exact) mass is 750 g/mol. The Labute approximate surface area is 318 Å². The van der Waals surface area contributed by atoms with Crippen molar-refractivity contribution in [2.45, 2.75) is 168 Å². The maximum absolute atomic E-state index is 12.5. The van der Waals surface area contributed by atoms with Gasteiger partial charge in [-0.15, -0.1) is 0 Å². The molecule has 2 atom stereocenters. The summed E-state index contributed by atoms with van der Waals surface area (Å²) in [6, 6.07) is 0. The molecule has 9 heteroatoms. The number of ether oxygens (including phenoxy) is 2. The molecule has 0 aromatic rings. The Hall–Kier alpha value is -2.22. The summed E-state index contributed by atoms with van der Waals surface area (Å²) in [7, 11) is -4.31. The molecule has 0 spiro atoms. The number of carbonyl (C=O) groups is 1. The highest BCUT2D eigenvalue weighted by Crippen LogP contribution is 2.43. The molecule has 0 fully saturated rings. The van der Waals surface area contributed by atoms with Gasteiger partial charge in [0.2, 0.25) is 0 Å². The van der Waals surface area contributed by atoms with Crippen LogP contribution in [0.3, 0.4) is 0 Å². The molecule has 0 aliphatic rings. The Morgan fingerprint density at radius 2 is 1.04 bits per heavy atom. The zero-order valence-electron chi connectivity index (χ0n) is 33.0. The normalized spacial score (nSPS) is 14.2. The predicted molar refractivity (Wildman–Crippen MR) is 219 cm³/mol. The van der Waals surface area contributed by atoms with E-state index in [2.05, 4.69) is 62.5 Å². The standard InChI is InChI=1S/C43H76NO7P/c1-3-5-7-9-11-13-15-17-19-20-21-22-23-24-26-28-30-32-34-36-43(45)51-42(41-50-52(46,47)49-39-37-44)40-48-38-35-33-31-29-27-25-18-16-14-12-10-8-6-4-2/h11,13,17,19,21-22,24,26,30,32,35,38,42H,3-10,12,14-16,18,20,23,25,27-29,31,33-34,36-37,39-41,44H2,1-2H3,(H,46,47)/b13-11-,19-17-,22-21-,26-24-,32-30-,38-35-/t42-/m1/s1. The van der Waals surface area contributed by atoms with E-state index in [1.54, 1.807) is 6.26 Å². The van der Waals surface area contributed by atoms with Gasteiger partial charge < -0.3 is 20.1 Å². The number of rotatable bonds is 38. The maximum Gasteiger partial charge on any atom is 0.472 e. The topological polar surface area (TPSA) is 117 Å². The molecule has 0 saturated heterocycles. The van der Waals surface area contributed by atoms with Gasteiger partial charge in [-0.3, -0.25) is 13.8 Å². The molecule has 0 aliphatic carbocycles. The SMILES string of the molecule is CCCCC/C=C\C/C=C\C/C=C\C/C=C\C/C=C\CCC(=O)O[C@H](CO/C=C\CCCCCCCCCCCCCC)COP(=O)(O)OCCN. The Balaban J connectivity index is 4.27. The van der Waals surface area contributed by atoms with Crippen molar-refractivity contribution >= 4 is 13.8 Å². The molecule has 52 heavy (non-hydrogen) atoms. The molecular formula is C43H76NO7P. The van der Waals surface area contributed by atoms with Gasteiger partial charge in [-0.05, 0) is 63.9 Å². The lowest BCUT2D eigenvalue weighted by Crippen LogP contribution is -2.27. The Kier molecular flexibility index (Phi) is 38.3. The van der Waals surface area contributed by atoms with Gasteiger partial charge in [-0.2, -0.15) is 0 Å². The number of phosphoric acid groups is 1. The molecule has 1 unspecified atom stereocenters. The van der Waals surface area contributed by atoms with Crippen LogP contribution in [-0.4, -0.2) is 43.3 Å². The van der Waals surface area contributed by atoms with Crippen LogP contribution >= 0.6 is 7.82 Å². The zero-order chi connectivity index (χ0) is 38.1. The van der Waals surface area contributed by atoms with Gasteiger partial charge in [-0.1, -0.05) is 158 Å². The first-order valence-electron chi connectivity index (χ1n) is 20.5. The van der Waals surface area contributed by atoms with Crippen LogP contribution in [0.4, 0.5) is 0 Å². The lowest BCUT2D eigenvalue weighted by molar-refractivity contribution is -0.153. The lowest BCUT2D eigenvalue weighted by atomic mass is 10.0. The van der Waals surface area contributed by atoms with Crippen molar-refractivity contribution in [3.05, 3.63) is 73.1 Å². The molecule has 0 aromatic carbocycles. The first-order valence-corrected chi connectivity index (χ1v) is 22.0. The minimum Gasteiger partial charge on any atom is -0.498 e. The second-order valence-corrected chi connectivity index (χ2v) is 14.7. The van der Waals surface area contributed by atoms with E-state index in [1.165, 1.54) is 96.3 Å². The summed E-state index contributed by atoms with van der Waals surface area (Å²) >= 11 is 0. The van der Waals surface area contributed by atoms with Gasteiger partial charge in [0.1, 0.15) is 6.61 Å². The highest BCUT2D eigenvalue weighted by Gasteiger charge is 2.25. The van der Waals surface area contributed by atoms with Crippen LogP contribution in [0.1, 0.15) is 162 Å². The second-order valence-electron chi connectivity index (χ2n) is 13.2. The number of hydrogen-bond acceptors (Lipinski definition) is 7. The number of phosphoric ester groups is 1. The van der Waals surface area contributed by atoms with E-state index in [0.717, 1.165) is 38.5 Å². The van der Waals surface area contributed by atoms with Crippen molar-refractivity contribution < 1.29 is 32.8 Å². The number of unbranched alkanes of at least 4 members (excludes halogenated alkanes) is 15. The smallest absolute Gasteiger partial charge is 0.472 e. The maximum atomic E-state index is 12.5. The van der Waals surface area contributed by atoms with Gasteiger partial charge in [0, 0.05) is 13.0 Å². The number of carbonyl (C=O) groups excluding carboxylic acids is 1. The highest BCUT2D eigenvalue weighted by molar-refractivity contribution is 7.47. The third-order valence-corrected chi connectivity index (χ3v) is 9.19. The number of esters is 1. The first-order chi connectivity index (χ1) is 25.4. The van der Waals surface area contributed by atoms with Crippen molar-refractivity contribution in [1.82, 2.24) is 0 Å². The fraction of sp³-hybridized carbons (Fsp3) is 0.698. The fourth-order valence-electron chi connectivity index (χ4n) is 5.18. The molecule has 0 heterocycles. The minimum atomic E-state index is -4.31. The molecule has 0 bridgehead atoms. The number of allylic oxidation sites excluding steroid dienone is 11. The molecule has 0 saturated carbocycles. The number of hydrogen-bond donors (Lipinski definition) is 2. The zero-order valence-corrected chi connectivity index (χ0v) is 33.9. The fourth-order valence-corrected chi connectivity index (χ4v) is 5.94. The van der Waals surface area contributed by atoms with Gasteiger partial charge >= 0.3 is 13.8 Å². The van der Waals surface area contributed by atoms with Crippen LogP contribution in [0.2, 0.25) is 0 Å². The number of nitrogens with two attached hydrogens (primary N) is 1. The van der Waals surface area contributed by atoms with E-state index in [4.69, 9.17) is 24.3 Å². The molecule has 8 nitrogen and oxygen atoms in total. The Morgan fingerprint density at radius 1 is 0.596 bits per heavy atom. The van der Waals surface area contributed by atoms with E-state index in [9.17, 15) is 14.3 Å². The van der Waals surface area contributed by atoms with Crippen LogP contribution in [0.25, 0.3) is 0 Å². The summed E-state index contributed by atoms with van der Waals surface area (Å²) in [5.74, 6) is -0.435. The minimum absolute atomic E-state index is 0.000517. The molecule has 0 radical (unpaired) electrons. The van der Waals surface area contributed by atoms with Gasteiger partial charge in [0.15, 0.2) is 6.10 Å². The quantitative estimate of drug-likeness (QED) is 0.0211. The average molecular weight is 750 g/mol. The Bertz CT molecular complexity index is 1020. The van der Waals surface area contributed by atoms with Crippen molar-refractivity contribution in [2.75, 3.05) is 26.4 Å². The average Bonchev–Trinajstić information content (AvgIpc) is 3.13. The third kappa shape index (κ3) is 39.0. The van der Waals surface area contributed by atoms with Crippen molar-refractivity contribution in [2.24, 2.45) is 5.73 Å². The van der Waals surface area contributed by atoms with E-state index in [0.29, 0.717) is 6.42 Å². The third-order valence-electron chi connectivity index (χ3n) is 8.20. The van der Waals surface area contributed by atoms with Crippen LogP contribution < -0.4 is 5.73 Å². The Morgan fingerprint density at radius 3 is 1.58 bits per heavy atom. The molecule has 300 valence electrons. The van der Waals surface area contributed by atoms with Gasteiger partial charge in [0.05, 0.1) is 19.5 Å². The largest absolute Gasteiger partial charge is 0.498 e. The van der Waals surface area contributed by atoms with E-state index >= 15 is 0 Å². The predicted octanol–water partition coefficient (Wildman–Crippen LogP) is 12.3. The van der Waals surface area contributed by atoms with E-state index in [1.807, 2.05) is 18.2 Å². The summed E-state index contributed by atoms with van der Waals surface area (Å²) in [5.41, 5.74) is 5.35. The summed E-state index contributed by atoms with van der Waals surface area (Å²) in [6.07, 6.45) is 50.2. The molecule has 0 amide bonds. The lowest BCUT2D eigenvalue weighted by Gasteiger charge is -2.19. The summed E-state index contributed by atoms with van der Waals surface area (Å²) < 4.78 is 33.0. The summed E-state index contributed by atoms with van der Waals surface area (Å²) in [5, 5.41) is 0. The van der Waals surface area contributed by atoms with E-state index < -0.39 is 19.9 Å². The van der Waals surface area contributed by atoms with Crippen LogP contribution in [0, 0.1) is 0 Å².